The number of amides is 1. The lowest BCUT2D eigenvalue weighted by Gasteiger charge is -2.10. The molecule has 134 valence electrons. The first kappa shape index (κ1) is 20.7. The number of carbonyl (C=O) groups excluding carboxylic acids is 1. The highest BCUT2D eigenvalue weighted by Crippen LogP contribution is 2.11. The standard InChI is InChI=1S/C15H22N4O3S.HI/c1-11-2-4-12(5-3-11)19-15(16)17-8-6-14(20)18-13-7-9-23(21,22)10-13;/h2-5,13H,6-10H2,1H3,(H,18,20)(H3,16,17,19);1H. The maximum Gasteiger partial charge on any atom is 0.222 e. The maximum atomic E-state index is 11.8. The van der Waals surface area contributed by atoms with Crippen LogP contribution in [0.25, 0.3) is 0 Å². The Morgan fingerprint density at radius 1 is 1.33 bits per heavy atom. The van der Waals surface area contributed by atoms with Gasteiger partial charge in [-0.05, 0) is 25.5 Å². The molecule has 1 atom stereocenters. The zero-order valence-corrected chi connectivity index (χ0v) is 16.6. The monoisotopic (exact) mass is 466 g/mol. The number of nitrogens with one attached hydrogen (secondary N) is 2. The molecular formula is C15H23IN4O3S. The van der Waals surface area contributed by atoms with Gasteiger partial charge in [-0.2, -0.15) is 0 Å². The molecule has 24 heavy (non-hydrogen) atoms. The molecule has 1 fully saturated rings. The zero-order chi connectivity index (χ0) is 16.9. The number of carbonyl (C=O) groups is 1. The number of aliphatic imine (C=N–C) groups is 1. The molecule has 4 N–H and O–H groups in total. The molecule has 1 saturated heterocycles. The van der Waals surface area contributed by atoms with Crippen molar-refractivity contribution in [2.24, 2.45) is 10.7 Å². The summed E-state index contributed by atoms with van der Waals surface area (Å²) in [6, 6.07) is 7.42. The Morgan fingerprint density at radius 3 is 2.58 bits per heavy atom. The number of hydrogen-bond acceptors (Lipinski definition) is 4. The van der Waals surface area contributed by atoms with E-state index < -0.39 is 9.84 Å². The Morgan fingerprint density at radius 2 is 2.00 bits per heavy atom. The van der Waals surface area contributed by atoms with E-state index in [2.05, 4.69) is 15.6 Å². The third-order valence-corrected chi connectivity index (χ3v) is 5.31. The number of guanidine groups is 1. The summed E-state index contributed by atoms with van der Waals surface area (Å²) in [4.78, 5) is 15.8. The Bertz CT molecular complexity index is 689. The number of hydrogen-bond donors (Lipinski definition) is 3. The molecule has 1 unspecified atom stereocenters. The topological polar surface area (TPSA) is 114 Å². The molecule has 2 rings (SSSR count). The van der Waals surface area contributed by atoms with Gasteiger partial charge in [0, 0.05) is 18.2 Å². The molecule has 9 heteroatoms. The van der Waals surface area contributed by atoms with E-state index in [9.17, 15) is 13.2 Å². The number of nitrogens with zero attached hydrogens (tertiary/aromatic N) is 1. The second kappa shape index (κ2) is 9.21. The average Bonchev–Trinajstić information content (AvgIpc) is 2.80. The Labute approximate surface area is 159 Å². The minimum atomic E-state index is -2.99. The van der Waals surface area contributed by atoms with Crippen LogP contribution in [0.15, 0.2) is 29.3 Å². The largest absolute Gasteiger partial charge is 0.370 e. The summed E-state index contributed by atoms with van der Waals surface area (Å²) < 4.78 is 22.6. The molecule has 0 bridgehead atoms. The van der Waals surface area contributed by atoms with Gasteiger partial charge in [0.2, 0.25) is 5.91 Å². The predicted molar refractivity (Wildman–Crippen MR) is 107 cm³/mol. The van der Waals surface area contributed by atoms with Crippen LogP contribution in [0.4, 0.5) is 5.69 Å². The lowest BCUT2D eigenvalue weighted by atomic mass is 10.2. The second-order valence-corrected chi connectivity index (χ2v) is 7.90. The van der Waals surface area contributed by atoms with Crippen molar-refractivity contribution >= 4 is 51.4 Å². The number of sulfone groups is 1. The fourth-order valence-corrected chi connectivity index (χ4v) is 3.98. The van der Waals surface area contributed by atoms with Crippen LogP contribution >= 0.6 is 24.0 Å². The number of anilines is 1. The quantitative estimate of drug-likeness (QED) is 0.341. The average molecular weight is 466 g/mol. The summed E-state index contributed by atoms with van der Waals surface area (Å²) >= 11 is 0. The van der Waals surface area contributed by atoms with Gasteiger partial charge in [0.25, 0.3) is 0 Å². The Kier molecular flexibility index (Phi) is 7.94. The van der Waals surface area contributed by atoms with E-state index in [0.717, 1.165) is 11.3 Å². The molecular weight excluding hydrogens is 443 g/mol. The van der Waals surface area contributed by atoms with Crippen molar-refractivity contribution in [2.45, 2.75) is 25.8 Å². The van der Waals surface area contributed by atoms with Gasteiger partial charge < -0.3 is 16.4 Å². The van der Waals surface area contributed by atoms with Crippen LogP contribution < -0.4 is 16.4 Å². The van der Waals surface area contributed by atoms with Crippen molar-refractivity contribution in [3.05, 3.63) is 29.8 Å². The van der Waals surface area contributed by atoms with Crippen molar-refractivity contribution in [2.75, 3.05) is 23.4 Å². The van der Waals surface area contributed by atoms with Crippen LogP contribution in [0.5, 0.6) is 0 Å². The third kappa shape index (κ3) is 7.04. The summed E-state index contributed by atoms with van der Waals surface area (Å²) in [5.41, 5.74) is 7.74. The highest BCUT2D eigenvalue weighted by atomic mass is 127. The summed E-state index contributed by atoms with van der Waals surface area (Å²) in [6.45, 7) is 2.24. The summed E-state index contributed by atoms with van der Waals surface area (Å²) in [5, 5.41) is 5.66. The van der Waals surface area contributed by atoms with Crippen molar-refractivity contribution in [1.82, 2.24) is 5.32 Å². The van der Waals surface area contributed by atoms with Crippen LogP contribution in [-0.4, -0.2) is 44.4 Å². The fourth-order valence-electron chi connectivity index (χ4n) is 2.31. The molecule has 1 amide bonds. The zero-order valence-electron chi connectivity index (χ0n) is 13.5. The van der Waals surface area contributed by atoms with E-state index in [0.29, 0.717) is 6.42 Å². The van der Waals surface area contributed by atoms with Crippen LogP contribution in [0, 0.1) is 6.92 Å². The van der Waals surface area contributed by atoms with Crippen LogP contribution in [0.3, 0.4) is 0 Å². The summed E-state index contributed by atoms with van der Waals surface area (Å²) in [5.74, 6) is 0.201. The molecule has 1 aliphatic rings. The Balaban J connectivity index is 0.00000288. The molecule has 0 aromatic heterocycles. The van der Waals surface area contributed by atoms with Crippen molar-refractivity contribution in [1.29, 1.82) is 0 Å². The van der Waals surface area contributed by atoms with Gasteiger partial charge in [0.1, 0.15) is 0 Å². The van der Waals surface area contributed by atoms with E-state index in [1.807, 2.05) is 31.2 Å². The Hall–Kier alpha value is -1.36. The van der Waals surface area contributed by atoms with E-state index in [1.54, 1.807) is 0 Å². The van der Waals surface area contributed by atoms with Gasteiger partial charge >= 0.3 is 0 Å². The van der Waals surface area contributed by atoms with Crippen molar-refractivity contribution in [3.63, 3.8) is 0 Å². The molecule has 0 aliphatic carbocycles. The first-order valence-corrected chi connectivity index (χ1v) is 9.29. The number of aryl methyl sites for hydroxylation is 1. The predicted octanol–water partition coefficient (Wildman–Crippen LogP) is 1.03. The van der Waals surface area contributed by atoms with Gasteiger partial charge in [0.05, 0.1) is 18.1 Å². The van der Waals surface area contributed by atoms with E-state index in [1.165, 1.54) is 0 Å². The van der Waals surface area contributed by atoms with Gasteiger partial charge in [-0.3, -0.25) is 9.79 Å². The van der Waals surface area contributed by atoms with Crippen molar-refractivity contribution in [3.8, 4) is 0 Å². The maximum absolute atomic E-state index is 11.8. The number of rotatable bonds is 5. The lowest BCUT2D eigenvalue weighted by Crippen LogP contribution is -2.36. The van der Waals surface area contributed by atoms with Gasteiger partial charge in [0.15, 0.2) is 15.8 Å². The first-order valence-electron chi connectivity index (χ1n) is 7.47. The molecule has 1 aromatic rings. The van der Waals surface area contributed by atoms with Crippen LogP contribution in [0.2, 0.25) is 0 Å². The number of benzene rings is 1. The molecule has 0 spiro atoms. The fraction of sp³-hybridized carbons (Fsp3) is 0.467. The normalized spacial score (nSPS) is 19.4. The van der Waals surface area contributed by atoms with E-state index in [4.69, 9.17) is 5.73 Å². The third-order valence-electron chi connectivity index (χ3n) is 3.54. The smallest absolute Gasteiger partial charge is 0.222 e. The highest BCUT2D eigenvalue weighted by molar-refractivity contribution is 14.0. The number of halogens is 1. The van der Waals surface area contributed by atoms with Crippen LogP contribution in [-0.2, 0) is 14.6 Å². The minimum Gasteiger partial charge on any atom is -0.370 e. The summed E-state index contributed by atoms with van der Waals surface area (Å²) in [6.07, 6.45) is 0.654. The van der Waals surface area contributed by atoms with Gasteiger partial charge in [-0.15, -0.1) is 24.0 Å². The van der Waals surface area contributed by atoms with Crippen molar-refractivity contribution < 1.29 is 13.2 Å². The molecule has 0 saturated carbocycles. The van der Waals surface area contributed by atoms with E-state index >= 15 is 0 Å². The summed E-state index contributed by atoms with van der Waals surface area (Å²) in [7, 11) is -2.99. The SMILES string of the molecule is Cc1ccc(NC(N)=NCCC(=O)NC2CCS(=O)(=O)C2)cc1.I. The molecule has 0 radical (unpaired) electrons. The van der Waals surface area contributed by atoms with Gasteiger partial charge in [-0.1, -0.05) is 17.7 Å². The first-order chi connectivity index (χ1) is 10.8. The lowest BCUT2D eigenvalue weighted by molar-refractivity contribution is -0.121. The molecule has 7 nitrogen and oxygen atoms in total. The molecule has 1 aromatic carbocycles. The number of nitrogens with two attached hydrogens (primary N) is 1. The molecule has 1 heterocycles. The van der Waals surface area contributed by atoms with Gasteiger partial charge in [-0.25, -0.2) is 8.42 Å². The molecule has 1 aliphatic heterocycles. The van der Waals surface area contributed by atoms with E-state index in [-0.39, 0.29) is 66.4 Å². The second-order valence-electron chi connectivity index (χ2n) is 5.68. The minimum absolute atomic E-state index is 0. The highest BCUT2D eigenvalue weighted by Gasteiger charge is 2.28. The van der Waals surface area contributed by atoms with Crippen LogP contribution in [0.1, 0.15) is 18.4 Å².